The van der Waals surface area contributed by atoms with Gasteiger partial charge in [0.15, 0.2) is 0 Å². The molecule has 0 spiro atoms. The van der Waals surface area contributed by atoms with Crippen LogP contribution in [0.2, 0.25) is 0 Å². The smallest absolute Gasteiger partial charge is 0.215 e. The van der Waals surface area contributed by atoms with Gasteiger partial charge in [-0.05, 0) is 24.1 Å². The first-order valence-electron chi connectivity index (χ1n) is 5.93. The zero-order valence-electron chi connectivity index (χ0n) is 10.5. The third-order valence-electron chi connectivity index (χ3n) is 2.50. The number of sulfonamides is 1. The second kappa shape index (κ2) is 6.72. The van der Waals surface area contributed by atoms with Crippen LogP contribution in [0, 0.1) is 0 Å². The van der Waals surface area contributed by atoms with Crippen LogP contribution in [0.25, 0.3) is 0 Å². The van der Waals surface area contributed by atoms with Crippen molar-refractivity contribution in [2.45, 2.75) is 31.6 Å². The summed E-state index contributed by atoms with van der Waals surface area (Å²) in [6.07, 6.45) is 0.779. The van der Waals surface area contributed by atoms with Gasteiger partial charge in [-0.25, -0.2) is 13.1 Å². The van der Waals surface area contributed by atoms with E-state index in [-0.39, 0.29) is 12.3 Å². The molecule has 1 aromatic rings. The van der Waals surface area contributed by atoms with Crippen LogP contribution in [-0.2, 0) is 15.8 Å². The molecule has 1 aromatic carbocycles. The Balaban J connectivity index is 2.52. The topological polar surface area (TPSA) is 92.4 Å². The molecule has 1 rings (SSSR count). The van der Waals surface area contributed by atoms with Crippen LogP contribution in [0.15, 0.2) is 24.3 Å². The highest BCUT2D eigenvalue weighted by Gasteiger charge is 2.13. The van der Waals surface area contributed by atoms with Crippen LogP contribution in [0.1, 0.15) is 25.3 Å². The van der Waals surface area contributed by atoms with Gasteiger partial charge in [0.2, 0.25) is 10.0 Å². The molecule has 1 unspecified atom stereocenters. The Morgan fingerprint density at radius 1 is 1.33 bits per heavy atom. The molecule has 1 atom stereocenters. The van der Waals surface area contributed by atoms with Gasteiger partial charge >= 0.3 is 0 Å². The number of nitrogen functional groups attached to an aromatic ring is 1. The highest BCUT2D eigenvalue weighted by molar-refractivity contribution is 7.88. The van der Waals surface area contributed by atoms with Gasteiger partial charge in [-0.1, -0.05) is 25.5 Å². The van der Waals surface area contributed by atoms with Crippen LogP contribution in [0.4, 0.5) is 5.69 Å². The summed E-state index contributed by atoms with van der Waals surface area (Å²) in [5.41, 5.74) is 6.79. The van der Waals surface area contributed by atoms with Gasteiger partial charge in [0, 0.05) is 12.2 Å². The quantitative estimate of drug-likeness (QED) is 0.642. The number of nitrogens with two attached hydrogens (primary N) is 1. The molecule has 0 fully saturated rings. The van der Waals surface area contributed by atoms with Crippen molar-refractivity contribution in [2.24, 2.45) is 0 Å². The average molecular weight is 272 g/mol. The van der Waals surface area contributed by atoms with E-state index in [1.54, 1.807) is 24.3 Å². The third-order valence-corrected chi connectivity index (χ3v) is 3.82. The summed E-state index contributed by atoms with van der Waals surface area (Å²) in [5, 5.41) is 9.47. The van der Waals surface area contributed by atoms with Crippen molar-refractivity contribution in [1.29, 1.82) is 0 Å². The van der Waals surface area contributed by atoms with Crippen molar-refractivity contribution in [3.63, 3.8) is 0 Å². The molecule has 4 N–H and O–H groups in total. The van der Waals surface area contributed by atoms with Gasteiger partial charge in [0.25, 0.3) is 0 Å². The van der Waals surface area contributed by atoms with E-state index in [9.17, 15) is 13.5 Å². The highest BCUT2D eigenvalue weighted by atomic mass is 32.2. The van der Waals surface area contributed by atoms with Crippen molar-refractivity contribution < 1.29 is 13.5 Å². The lowest BCUT2D eigenvalue weighted by Crippen LogP contribution is -2.32. The van der Waals surface area contributed by atoms with Crippen molar-refractivity contribution in [3.05, 3.63) is 29.8 Å². The number of aliphatic hydroxyl groups is 1. The number of benzene rings is 1. The van der Waals surface area contributed by atoms with Gasteiger partial charge in [-0.15, -0.1) is 0 Å². The summed E-state index contributed by atoms with van der Waals surface area (Å²) < 4.78 is 25.9. The maximum Gasteiger partial charge on any atom is 0.215 e. The molecule has 0 saturated carbocycles. The fourth-order valence-electron chi connectivity index (χ4n) is 1.54. The lowest BCUT2D eigenvalue weighted by atomic mass is 10.2. The van der Waals surface area contributed by atoms with E-state index in [1.165, 1.54) is 0 Å². The van der Waals surface area contributed by atoms with Crippen molar-refractivity contribution >= 4 is 15.7 Å². The number of anilines is 1. The molecule has 0 aromatic heterocycles. The second-order valence-electron chi connectivity index (χ2n) is 4.29. The standard InChI is InChI=1S/C12H20N2O3S/c1-2-3-12(15)8-14-18(16,17)9-10-4-6-11(13)7-5-10/h4-7,12,14-15H,2-3,8-9,13H2,1H3. The Labute approximate surface area is 108 Å². The molecular formula is C12H20N2O3S. The second-order valence-corrected chi connectivity index (χ2v) is 6.10. The molecule has 0 heterocycles. The Kier molecular flexibility index (Phi) is 5.58. The van der Waals surface area contributed by atoms with Gasteiger partial charge in [-0.2, -0.15) is 0 Å². The van der Waals surface area contributed by atoms with Crippen LogP contribution < -0.4 is 10.5 Å². The number of nitrogens with one attached hydrogen (secondary N) is 1. The zero-order valence-corrected chi connectivity index (χ0v) is 11.3. The summed E-state index contributed by atoms with van der Waals surface area (Å²) in [6.45, 7) is 2.00. The molecule has 6 heteroatoms. The fourth-order valence-corrected chi connectivity index (χ4v) is 2.72. The monoisotopic (exact) mass is 272 g/mol. The first kappa shape index (κ1) is 14.9. The minimum absolute atomic E-state index is 0.0607. The normalized spacial score (nSPS) is 13.4. The molecule has 0 amide bonds. The lowest BCUT2D eigenvalue weighted by Gasteiger charge is -2.11. The van der Waals surface area contributed by atoms with Crippen LogP contribution in [0.5, 0.6) is 0 Å². The van der Waals surface area contributed by atoms with Crippen LogP contribution >= 0.6 is 0 Å². The first-order valence-corrected chi connectivity index (χ1v) is 7.58. The van der Waals surface area contributed by atoms with E-state index in [1.807, 2.05) is 6.92 Å². The molecule has 0 saturated heterocycles. The van der Waals surface area contributed by atoms with E-state index >= 15 is 0 Å². The Morgan fingerprint density at radius 3 is 2.50 bits per heavy atom. The van der Waals surface area contributed by atoms with E-state index < -0.39 is 16.1 Å². The number of hydrogen-bond acceptors (Lipinski definition) is 4. The lowest BCUT2D eigenvalue weighted by molar-refractivity contribution is 0.167. The molecule has 0 aliphatic heterocycles. The third kappa shape index (κ3) is 5.48. The van der Waals surface area contributed by atoms with E-state index in [0.29, 0.717) is 17.7 Å². The molecule has 0 aliphatic carbocycles. The van der Waals surface area contributed by atoms with E-state index in [2.05, 4.69) is 4.72 Å². The molecule has 5 nitrogen and oxygen atoms in total. The molecule has 18 heavy (non-hydrogen) atoms. The van der Waals surface area contributed by atoms with E-state index in [0.717, 1.165) is 6.42 Å². The van der Waals surface area contributed by atoms with Crippen molar-refractivity contribution in [3.8, 4) is 0 Å². The van der Waals surface area contributed by atoms with Gasteiger partial charge < -0.3 is 10.8 Å². The Bertz CT molecular complexity index is 457. The van der Waals surface area contributed by atoms with Gasteiger partial charge in [-0.3, -0.25) is 0 Å². The summed E-state index contributed by atoms with van der Waals surface area (Å²) in [4.78, 5) is 0. The average Bonchev–Trinajstić information content (AvgIpc) is 2.30. The SMILES string of the molecule is CCCC(O)CNS(=O)(=O)Cc1ccc(N)cc1. The Morgan fingerprint density at radius 2 is 1.94 bits per heavy atom. The maximum atomic E-state index is 11.7. The Hall–Kier alpha value is -1.11. The molecular weight excluding hydrogens is 252 g/mol. The van der Waals surface area contributed by atoms with E-state index in [4.69, 9.17) is 5.73 Å². The summed E-state index contributed by atoms with van der Waals surface area (Å²) in [6, 6.07) is 6.68. The largest absolute Gasteiger partial charge is 0.399 e. The fraction of sp³-hybridized carbons (Fsp3) is 0.500. The van der Waals surface area contributed by atoms with Gasteiger partial charge in [0.05, 0.1) is 11.9 Å². The van der Waals surface area contributed by atoms with Crippen molar-refractivity contribution in [1.82, 2.24) is 4.72 Å². The first-order chi connectivity index (χ1) is 8.43. The molecule has 0 bridgehead atoms. The predicted molar refractivity (Wildman–Crippen MR) is 72.4 cm³/mol. The number of aliphatic hydroxyl groups excluding tert-OH is 1. The van der Waals surface area contributed by atoms with Gasteiger partial charge in [0.1, 0.15) is 0 Å². The zero-order chi connectivity index (χ0) is 13.6. The predicted octanol–water partition coefficient (Wildman–Crippen LogP) is 0.849. The highest BCUT2D eigenvalue weighted by Crippen LogP contribution is 2.08. The number of hydrogen-bond donors (Lipinski definition) is 3. The van der Waals surface area contributed by atoms with Crippen LogP contribution in [0.3, 0.4) is 0 Å². The van der Waals surface area contributed by atoms with Crippen LogP contribution in [-0.4, -0.2) is 26.2 Å². The molecule has 0 aliphatic rings. The minimum atomic E-state index is -3.41. The van der Waals surface area contributed by atoms with Crippen molar-refractivity contribution in [2.75, 3.05) is 12.3 Å². The summed E-state index contributed by atoms with van der Waals surface area (Å²) >= 11 is 0. The summed E-state index contributed by atoms with van der Waals surface area (Å²) in [7, 11) is -3.41. The summed E-state index contributed by atoms with van der Waals surface area (Å²) in [5.74, 6) is -0.105. The maximum absolute atomic E-state index is 11.7. The number of rotatable bonds is 7. The molecule has 0 radical (unpaired) electrons. The minimum Gasteiger partial charge on any atom is -0.399 e. The molecule has 102 valence electrons.